The highest BCUT2D eigenvalue weighted by molar-refractivity contribution is 9.10. The zero-order valence-corrected chi connectivity index (χ0v) is 15.7. The summed E-state index contributed by atoms with van der Waals surface area (Å²) in [7, 11) is 0. The van der Waals surface area contributed by atoms with E-state index < -0.39 is 0 Å². The maximum Gasteiger partial charge on any atom is 0.254 e. The van der Waals surface area contributed by atoms with Gasteiger partial charge in [-0.05, 0) is 36.2 Å². The van der Waals surface area contributed by atoms with E-state index in [1.807, 2.05) is 60.4 Å². The molecule has 2 aromatic rings. The van der Waals surface area contributed by atoms with Crippen molar-refractivity contribution >= 4 is 21.8 Å². The summed E-state index contributed by atoms with van der Waals surface area (Å²) >= 11 is 3.46. The molecule has 0 bridgehead atoms. The number of piperazine rings is 1. The maximum atomic E-state index is 12.7. The first kappa shape index (κ1) is 17.7. The summed E-state index contributed by atoms with van der Waals surface area (Å²) in [5.74, 6) is 0.0775. The van der Waals surface area contributed by atoms with Crippen molar-refractivity contribution in [2.45, 2.75) is 13.0 Å². The SMILES string of the molecule is Cc1ccccc1C(=O)N1CCN(C(C#N)c2cccc(Br)c2)CC1. The summed E-state index contributed by atoms with van der Waals surface area (Å²) in [6.45, 7) is 4.63. The Kier molecular flexibility index (Phi) is 5.52. The number of rotatable bonds is 3. The third kappa shape index (κ3) is 3.92. The number of nitrogens with zero attached hydrogens (tertiary/aromatic N) is 3. The number of aryl methyl sites for hydroxylation is 1. The van der Waals surface area contributed by atoms with Crippen LogP contribution in [0.2, 0.25) is 0 Å². The zero-order valence-electron chi connectivity index (χ0n) is 14.2. The smallest absolute Gasteiger partial charge is 0.254 e. The molecule has 0 radical (unpaired) electrons. The van der Waals surface area contributed by atoms with Crippen LogP contribution in [0.25, 0.3) is 0 Å². The predicted molar refractivity (Wildman–Crippen MR) is 101 cm³/mol. The molecule has 25 heavy (non-hydrogen) atoms. The Morgan fingerprint density at radius 1 is 1.12 bits per heavy atom. The first-order chi connectivity index (χ1) is 12.1. The van der Waals surface area contributed by atoms with E-state index in [0.29, 0.717) is 26.2 Å². The third-order valence-electron chi connectivity index (χ3n) is 4.63. The summed E-state index contributed by atoms with van der Waals surface area (Å²) in [4.78, 5) is 16.7. The van der Waals surface area contributed by atoms with Gasteiger partial charge in [-0.25, -0.2) is 0 Å². The van der Waals surface area contributed by atoms with E-state index in [2.05, 4.69) is 26.9 Å². The number of halogens is 1. The molecular weight excluding hydrogens is 378 g/mol. The van der Waals surface area contributed by atoms with E-state index in [4.69, 9.17) is 0 Å². The van der Waals surface area contributed by atoms with Crippen molar-refractivity contribution in [2.75, 3.05) is 26.2 Å². The van der Waals surface area contributed by atoms with Gasteiger partial charge in [0.2, 0.25) is 0 Å². The summed E-state index contributed by atoms with van der Waals surface area (Å²) in [6.07, 6.45) is 0. The molecule has 4 nitrogen and oxygen atoms in total. The van der Waals surface area contributed by atoms with Crippen LogP contribution in [0.3, 0.4) is 0 Å². The molecule has 1 aliphatic rings. The van der Waals surface area contributed by atoms with Gasteiger partial charge >= 0.3 is 0 Å². The highest BCUT2D eigenvalue weighted by Gasteiger charge is 2.28. The van der Waals surface area contributed by atoms with Gasteiger partial charge in [0.25, 0.3) is 5.91 Å². The van der Waals surface area contributed by atoms with Gasteiger partial charge in [0, 0.05) is 36.2 Å². The maximum absolute atomic E-state index is 12.7. The van der Waals surface area contributed by atoms with Gasteiger partial charge in [0.15, 0.2) is 0 Å². The highest BCUT2D eigenvalue weighted by Crippen LogP contribution is 2.24. The minimum atomic E-state index is -0.284. The van der Waals surface area contributed by atoms with Crippen LogP contribution in [0.15, 0.2) is 53.0 Å². The van der Waals surface area contributed by atoms with Gasteiger partial charge in [-0.2, -0.15) is 5.26 Å². The Morgan fingerprint density at radius 2 is 1.84 bits per heavy atom. The van der Waals surface area contributed by atoms with E-state index in [-0.39, 0.29) is 11.9 Å². The zero-order chi connectivity index (χ0) is 17.8. The van der Waals surface area contributed by atoms with Crippen molar-refractivity contribution < 1.29 is 4.79 Å². The van der Waals surface area contributed by atoms with Gasteiger partial charge in [-0.1, -0.05) is 46.3 Å². The standard InChI is InChI=1S/C20H20BrN3O/c1-15-5-2-3-8-18(15)20(25)24-11-9-23(10-12-24)19(14-22)16-6-4-7-17(21)13-16/h2-8,13,19H,9-12H2,1H3. The molecule has 128 valence electrons. The van der Waals surface area contributed by atoms with E-state index in [1.54, 1.807) is 0 Å². The number of carbonyl (C=O) groups is 1. The van der Waals surface area contributed by atoms with Crippen molar-refractivity contribution in [2.24, 2.45) is 0 Å². The number of carbonyl (C=O) groups excluding carboxylic acids is 1. The largest absolute Gasteiger partial charge is 0.336 e. The summed E-state index contributed by atoms with van der Waals surface area (Å²) < 4.78 is 0.971. The molecule has 0 N–H and O–H groups in total. The summed E-state index contributed by atoms with van der Waals surface area (Å²) in [5.41, 5.74) is 2.74. The molecule has 0 saturated carbocycles. The molecular formula is C20H20BrN3O. The van der Waals surface area contributed by atoms with Crippen LogP contribution < -0.4 is 0 Å². The van der Waals surface area contributed by atoms with E-state index >= 15 is 0 Å². The molecule has 1 fully saturated rings. The fraction of sp³-hybridized carbons (Fsp3) is 0.300. The first-order valence-electron chi connectivity index (χ1n) is 8.34. The average Bonchev–Trinajstić information content (AvgIpc) is 2.63. The topological polar surface area (TPSA) is 47.3 Å². The molecule has 1 unspecified atom stereocenters. The Labute approximate surface area is 156 Å². The van der Waals surface area contributed by atoms with Crippen LogP contribution in [-0.2, 0) is 0 Å². The predicted octanol–water partition coefficient (Wildman–Crippen LogP) is 3.78. The molecule has 1 aliphatic heterocycles. The van der Waals surface area contributed by atoms with Gasteiger partial charge in [-0.15, -0.1) is 0 Å². The third-order valence-corrected chi connectivity index (χ3v) is 5.12. The molecule has 1 heterocycles. The molecule has 0 spiro atoms. The van der Waals surface area contributed by atoms with Crippen LogP contribution in [0.4, 0.5) is 0 Å². The van der Waals surface area contributed by atoms with Crippen LogP contribution in [0.5, 0.6) is 0 Å². The molecule has 1 amide bonds. The van der Waals surface area contributed by atoms with Gasteiger partial charge in [0.05, 0.1) is 6.07 Å². The normalized spacial score (nSPS) is 16.3. The molecule has 0 aromatic heterocycles. The Morgan fingerprint density at radius 3 is 2.48 bits per heavy atom. The fourth-order valence-electron chi connectivity index (χ4n) is 3.21. The van der Waals surface area contributed by atoms with Crippen molar-refractivity contribution in [3.63, 3.8) is 0 Å². The average molecular weight is 398 g/mol. The van der Waals surface area contributed by atoms with Crippen molar-refractivity contribution in [1.82, 2.24) is 9.80 Å². The molecule has 2 aromatic carbocycles. The second-order valence-electron chi connectivity index (χ2n) is 6.23. The first-order valence-corrected chi connectivity index (χ1v) is 9.13. The number of nitriles is 1. The molecule has 1 atom stereocenters. The Bertz CT molecular complexity index is 807. The minimum Gasteiger partial charge on any atom is -0.336 e. The van der Waals surface area contributed by atoms with Crippen LogP contribution in [0.1, 0.15) is 27.5 Å². The molecule has 3 rings (SSSR count). The van der Waals surface area contributed by atoms with E-state index in [0.717, 1.165) is 21.2 Å². The van der Waals surface area contributed by atoms with Gasteiger partial charge < -0.3 is 4.90 Å². The van der Waals surface area contributed by atoms with E-state index in [9.17, 15) is 10.1 Å². The van der Waals surface area contributed by atoms with E-state index in [1.165, 1.54) is 0 Å². The van der Waals surface area contributed by atoms with Gasteiger partial charge in [0.1, 0.15) is 6.04 Å². The second kappa shape index (κ2) is 7.81. The highest BCUT2D eigenvalue weighted by atomic mass is 79.9. The van der Waals surface area contributed by atoms with Crippen molar-refractivity contribution in [3.05, 3.63) is 69.7 Å². The lowest BCUT2D eigenvalue weighted by molar-refractivity contribution is 0.0605. The number of hydrogen-bond acceptors (Lipinski definition) is 3. The van der Waals surface area contributed by atoms with Crippen molar-refractivity contribution in [1.29, 1.82) is 5.26 Å². The Hall–Kier alpha value is -2.16. The number of amides is 1. The summed E-state index contributed by atoms with van der Waals surface area (Å²) in [5, 5.41) is 9.62. The van der Waals surface area contributed by atoms with Crippen LogP contribution in [-0.4, -0.2) is 41.9 Å². The Balaban J connectivity index is 1.68. The number of hydrogen-bond donors (Lipinski definition) is 0. The van der Waals surface area contributed by atoms with Crippen LogP contribution >= 0.6 is 15.9 Å². The lowest BCUT2D eigenvalue weighted by atomic mass is 10.0. The molecule has 5 heteroatoms. The molecule has 1 saturated heterocycles. The monoisotopic (exact) mass is 397 g/mol. The van der Waals surface area contributed by atoms with Crippen molar-refractivity contribution in [3.8, 4) is 6.07 Å². The quantitative estimate of drug-likeness (QED) is 0.791. The summed E-state index contributed by atoms with van der Waals surface area (Å²) in [6, 6.07) is 17.7. The minimum absolute atomic E-state index is 0.0775. The number of benzene rings is 2. The fourth-order valence-corrected chi connectivity index (χ4v) is 3.63. The lowest BCUT2D eigenvalue weighted by Gasteiger charge is -2.37. The molecule has 0 aliphatic carbocycles. The second-order valence-corrected chi connectivity index (χ2v) is 7.15. The lowest BCUT2D eigenvalue weighted by Crippen LogP contribution is -2.49. The van der Waals surface area contributed by atoms with Gasteiger partial charge in [-0.3, -0.25) is 9.69 Å². The van der Waals surface area contributed by atoms with Crippen LogP contribution in [0, 0.1) is 18.3 Å².